The zero-order valence-corrected chi connectivity index (χ0v) is 9.63. The third kappa shape index (κ3) is 6.98. The lowest BCUT2D eigenvalue weighted by Gasteiger charge is -2.05. The number of carboxylic acids is 1. The van der Waals surface area contributed by atoms with Crippen LogP contribution < -0.4 is 0 Å². The van der Waals surface area contributed by atoms with Gasteiger partial charge in [-0.1, -0.05) is 20.3 Å². The molecule has 0 aromatic carbocycles. The summed E-state index contributed by atoms with van der Waals surface area (Å²) in [6, 6.07) is 0. The fourth-order valence-corrected chi connectivity index (χ4v) is 2.13. The van der Waals surface area contributed by atoms with E-state index in [-0.39, 0.29) is 18.7 Å². The minimum atomic E-state index is -1.80. The van der Waals surface area contributed by atoms with Gasteiger partial charge in [0.15, 0.2) is 6.16 Å². The van der Waals surface area contributed by atoms with Gasteiger partial charge >= 0.3 is 14.0 Å². The first-order valence-corrected chi connectivity index (χ1v) is 6.29. The largest absolute Gasteiger partial charge is 0.508 e. The first-order chi connectivity index (χ1) is 6.60. The molecule has 1 N–H and O–H groups in total. The third-order valence-electron chi connectivity index (χ3n) is 1.84. The summed E-state index contributed by atoms with van der Waals surface area (Å²) in [4.78, 5) is 10.2. The fraction of sp³-hybridized carbons (Fsp3) is 0.889. The predicted molar refractivity (Wildman–Crippen MR) is 54.8 cm³/mol. The van der Waals surface area contributed by atoms with Crippen molar-refractivity contribution >= 4 is 14.0 Å². The van der Waals surface area contributed by atoms with Crippen molar-refractivity contribution in [3.05, 3.63) is 0 Å². The van der Waals surface area contributed by atoms with Crippen LogP contribution in [0.5, 0.6) is 0 Å². The molecule has 0 aromatic heterocycles. The number of aliphatic carboxylic acids is 1. The van der Waals surface area contributed by atoms with E-state index in [1.54, 1.807) is 0 Å². The van der Waals surface area contributed by atoms with Gasteiger partial charge in [-0.15, -0.1) is 4.52 Å². The zero-order valence-electron chi connectivity index (χ0n) is 8.73. The Morgan fingerprint density at radius 1 is 1.50 bits per heavy atom. The molecule has 0 saturated carbocycles. The van der Waals surface area contributed by atoms with Gasteiger partial charge < -0.3 is 5.11 Å². The van der Waals surface area contributed by atoms with Crippen molar-refractivity contribution in [2.75, 3.05) is 6.16 Å². The maximum absolute atomic E-state index is 11.3. The standard InChI is InChI=1S/C9H17O4P/c1-3-5-8(4-2)13-14(12)7-6-9(10)11/h8H,3-7H2,1-2H3/p+1. The van der Waals surface area contributed by atoms with Gasteiger partial charge in [0, 0.05) is 0 Å². The highest BCUT2D eigenvalue weighted by atomic mass is 31.1. The summed E-state index contributed by atoms with van der Waals surface area (Å²) in [6.07, 6.45) is 2.73. The molecule has 0 fully saturated rings. The molecule has 4 nitrogen and oxygen atoms in total. The molecule has 2 atom stereocenters. The second kappa shape index (κ2) is 7.89. The van der Waals surface area contributed by atoms with Gasteiger partial charge in [-0.3, -0.25) is 4.79 Å². The van der Waals surface area contributed by atoms with Gasteiger partial charge in [0.2, 0.25) is 0 Å². The monoisotopic (exact) mass is 221 g/mol. The Bertz CT molecular complexity index is 193. The van der Waals surface area contributed by atoms with Crippen molar-refractivity contribution in [1.29, 1.82) is 0 Å². The van der Waals surface area contributed by atoms with E-state index in [0.29, 0.717) is 0 Å². The van der Waals surface area contributed by atoms with Crippen molar-refractivity contribution in [2.45, 2.75) is 45.6 Å². The third-order valence-corrected chi connectivity index (χ3v) is 2.96. The molecule has 0 bridgehead atoms. The molecular weight excluding hydrogens is 203 g/mol. The van der Waals surface area contributed by atoms with Gasteiger partial charge in [0.25, 0.3) is 0 Å². The number of hydrogen-bond acceptors (Lipinski definition) is 3. The predicted octanol–water partition coefficient (Wildman–Crippen LogP) is 2.80. The van der Waals surface area contributed by atoms with Gasteiger partial charge in [-0.2, -0.15) is 0 Å². The highest BCUT2D eigenvalue weighted by Crippen LogP contribution is 2.28. The van der Waals surface area contributed by atoms with E-state index in [0.717, 1.165) is 19.3 Å². The van der Waals surface area contributed by atoms with Crippen LogP contribution in [0.15, 0.2) is 0 Å². The first-order valence-electron chi connectivity index (χ1n) is 4.93. The van der Waals surface area contributed by atoms with Crippen molar-refractivity contribution in [3.63, 3.8) is 0 Å². The number of hydrogen-bond donors (Lipinski definition) is 1. The van der Waals surface area contributed by atoms with Crippen LogP contribution in [0.25, 0.3) is 0 Å². The average molecular weight is 221 g/mol. The minimum absolute atomic E-state index is 0.0115. The van der Waals surface area contributed by atoms with E-state index in [4.69, 9.17) is 9.63 Å². The van der Waals surface area contributed by atoms with E-state index in [1.807, 2.05) is 13.8 Å². The second-order valence-corrected chi connectivity index (χ2v) is 4.45. The summed E-state index contributed by atoms with van der Waals surface area (Å²) in [6.45, 7) is 4.01. The Hall–Kier alpha value is -0.470. The van der Waals surface area contributed by atoms with Crippen LogP contribution in [-0.4, -0.2) is 23.3 Å². The smallest absolute Gasteiger partial charge is 0.481 e. The van der Waals surface area contributed by atoms with Crippen LogP contribution in [0, 0.1) is 0 Å². The van der Waals surface area contributed by atoms with Crippen molar-refractivity contribution in [1.82, 2.24) is 0 Å². The topological polar surface area (TPSA) is 63.6 Å². The van der Waals surface area contributed by atoms with E-state index in [9.17, 15) is 9.36 Å². The quantitative estimate of drug-likeness (QED) is 0.640. The fourth-order valence-electron chi connectivity index (χ4n) is 1.06. The number of carbonyl (C=O) groups is 1. The molecule has 5 heteroatoms. The lowest BCUT2D eigenvalue weighted by molar-refractivity contribution is -0.136. The summed E-state index contributed by atoms with van der Waals surface area (Å²) >= 11 is 0. The van der Waals surface area contributed by atoms with Gasteiger partial charge in [0.05, 0.1) is 6.42 Å². The first kappa shape index (κ1) is 13.5. The highest BCUT2D eigenvalue weighted by molar-refractivity contribution is 7.39. The van der Waals surface area contributed by atoms with E-state index in [2.05, 4.69) is 0 Å². The van der Waals surface area contributed by atoms with E-state index < -0.39 is 14.0 Å². The number of rotatable bonds is 8. The molecule has 0 aliphatic heterocycles. The van der Waals surface area contributed by atoms with E-state index >= 15 is 0 Å². The molecule has 0 aliphatic rings. The summed E-state index contributed by atoms with van der Waals surface area (Å²) in [7, 11) is -1.80. The van der Waals surface area contributed by atoms with Gasteiger partial charge in [-0.25, -0.2) is 0 Å². The summed E-state index contributed by atoms with van der Waals surface area (Å²) in [5.74, 6) is -0.930. The Morgan fingerprint density at radius 3 is 2.57 bits per heavy atom. The van der Waals surface area contributed by atoms with Gasteiger partial charge in [0.1, 0.15) is 6.10 Å². The Balaban J connectivity index is 3.72. The molecule has 82 valence electrons. The molecule has 2 unspecified atom stereocenters. The lowest BCUT2D eigenvalue weighted by Crippen LogP contribution is -2.07. The summed E-state index contributed by atoms with van der Waals surface area (Å²) in [5, 5.41) is 8.37. The van der Waals surface area contributed by atoms with Crippen LogP contribution in [0.4, 0.5) is 0 Å². The molecule has 0 heterocycles. The normalized spacial score (nSPS) is 13.7. The Labute approximate surface area is 85.5 Å². The molecule has 0 rings (SSSR count). The molecule has 0 radical (unpaired) electrons. The average Bonchev–Trinajstić information content (AvgIpc) is 2.14. The van der Waals surface area contributed by atoms with Crippen molar-refractivity contribution in [2.24, 2.45) is 0 Å². The minimum Gasteiger partial charge on any atom is -0.481 e. The van der Waals surface area contributed by atoms with Crippen molar-refractivity contribution in [3.8, 4) is 0 Å². The highest BCUT2D eigenvalue weighted by Gasteiger charge is 2.23. The van der Waals surface area contributed by atoms with Crippen molar-refractivity contribution < 1.29 is 19.0 Å². The summed E-state index contributed by atoms with van der Waals surface area (Å²) in [5.41, 5.74) is 0. The zero-order chi connectivity index (χ0) is 11.0. The Morgan fingerprint density at radius 2 is 2.14 bits per heavy atom. The second-order valence-electron chi connectivity index (χ2n) is 3.12. The molecular formula is C9H18O4P+. The van der Waals surface area contributed by atoms with Crippen LogP contribution in [0.1, 0.15) is 39.5 Å². The molecule has 0 spiro atoms. The summed E-state index contributed by atoms with van der Waals surface area (Å²) < 4.78 is 16.5. The molecule has 0 saturated heterocycles. The van der Waals surface area contributed by atoms with Gasteiger partial charge in [-0.05, 0) is 17.4 Å². The molecule has 0 aliphatic carbocycles. The van der Waals surface area contributed by atoms with Crippen LogP contribution >= 0.6 is 8.03 Å². The maximum atomic E-state index is 11.3. The molecule has 0 aromatic rings. The van der Waals surface area contributed by atoms with Crippen LogP contribution in [0.3, 0.4) is 0 Å². The van der Waals surface area contributed by atoms with E-state index in [1.165, 1.54) is 0 Å². The van der Waals surface area contributed by atoms with Crippen LogP contribution in [0.2, 0.25) is 0 Å². The molecule has 0 amide bonds. The molecule has 14 heavy (non-hydrogen) atoms. The SMILES string of the molecule is CCCC(CC)O[P+](=O)CCC(=O)O. The van der Waals surface area contributed by atoms with Crippen LogP contribution in [-0.2, 0) is 13.9 Å². The Kier molecular flexibility index (Phi) is 7.63. The number of carboxylic acid groups (broad SMARTS) is 1. The maximum Gasteiger partial charge on any atom is 0.508 e. The lowest BCUT2D eigenvalue weighted by atomic mass is 10.2.